The fourth-order valence-corrected chi connectivity index (χ4v) is 0.771. The lowest BCUT2D eigenvalue weighted by Gasteiger charge is -2.05. The second-order valence-electron chi connectivity index (χ2n) is 0.974. The molecule has 0 aromatic rings. The van der Waals surface area contributed by atoms with E-state index in [1.807, 2.05) is 4.72 Å². The predicted octanol–water partition coefficient (Wildman–Crippen LogP) is 0.174. The van der Waals surface area contributed by atoms with Crippen LogP contribution in [-0.2, 0) is 11.3 Å². The fraction of sp³-hybridized carbons (Fsp3) is 1.00. The van der Waals surface area contributed by atoms with Gasteiger partial charge in [0, 0.05) is 17.8 Å². The summed E-state index contributed by atoms with van der Waals surface area (Å²) in [4.78, 5) is -0.673. The van der Waals surface area contributed by atoms with Crippen LogP contribution in [-0.4, -0.2) is 20.1 Å². The Morgan fingerprint density at radius 1 is 1.75 bits per heavy atom. The molecule has 0 spiro atoms. The summed E-state index contributed by atoms with van der Waals surface area (Å²) in [7, 11) is 0. The predicted molar refractivity (Wildman–Crippen MR) is 32.4 cm³/mol. The number of alkyl halides is 2. The number of rotatable bonds is 3. The van der Waals surface area contributed by atoms with E-state index in [0.29, 0.717) is 0 Å². The third-order valence-electron chi connectivity index (χ3n) is 0.355. The number of hydrogen-bond donors (Lipinski definition) is 1. The van der Waals surface area contributed by atoms with Gasteiger partial charge >= 0.3 is 0 Å². The molecule has 0 aliphatic rings. The second-order valence-corrected chi connectivity index (χ2v) is 3.01. The topological polar surface area (TPSA) is 52.2 Å². The summed E-state index contributed by atoms with van der Waals surface area (Å²) in [6.45, 7) is 0.0548. The SMILES string of the molecule is O=S([O-])NCC(Cl)Cl. The molecule has 0 radical (unpaired) electrons. The third kappa shape index (κ3) is 6.65. The maximum atomic E-state index is 9.68. The average Bonchev–Trinajstić information content (AvgIpc) is 1.61. The maximum Gasteiger partial charge on any atom is 0.121 e. The van der Waals surface area contributed by atoms with Gasteiger partial charge in [-0.2, -0.15) is 0 Å². The van der Waals surface area contributed by atoms with Gasteiger partial charge in [-0.25, -0.2) is 4.72 Å². The monoisotopic (exact) mass is 176 g/mol. The highest BCUT2D eigenvalue weighted by molar-refractivity contribution is 7.77. The minimum absolute atomic E-state index is 0.0548. The van der Waals surface area contributed by atoms with E-state index in [0.717, 1.165) is 0 Å². The molecular weight excluding hydrogens is 173 g/mol. The van der Waals surface area contributed by atoms with Gasteiger partial charge in [-0.05, 0) is 0 Å². The van der Waals surface area contributed by atoms with Crippen molar-refractivity contribution in [2.45, 2.75) is 4.84 Å². The van der Waals surface area contributed by atoms with Gasteiger partial charge in [0.15, 0.2) is 0 Å². The van der Waals surface area contributed by atoms with Crippen molar-refractivity contribution in [1.82, 2.24) is 4.72 Å². The lowest BCUT2D eigenvalue weighted by molar-refractivity contribution is 0.524. The van der Waals surface area contributed by atoms with Crippen molar-refractivity contribution in [2.75, 3.05) is 6.54 Å². The first-order valence-corrected chi connectivity index (χ1v) is 3.68. The second kappa shape index (κ2) is 4.52. The summed E-state index contributed by atoms with van der Waals surface area (Å²) in [6.07, 6.45) is 0. The molecule has 1 atom stereocenters. The van der Waals surface area contributed by atoms with Crippen LogP contribution in [0.25, 0.3) is 0 Å². The number of nitrogens with one attached hydrogen (secondary N) is 1. The molecule has 0 aliphatic heterocycles. The Balaban J connectivity index is 3.05. The molecule has 0 aromatic carbocycles. The van der Waals surface area contributed by atoms with Crippen molar-refractivity contribution in [3.8, 4) is 0 Å². The van der Waals surface area contributed by atoms with Gasteiger partial charge in [0.1, 0.15) is 4.84 Å². The Morgan fingerprint density at radius 2 is 2.25 bits per heavy atom. The van der Waals surface area contributed by atoms with Gasteiger partial charge in [-0.15, -0.1) is 23.2 Å². The molecule has 0 saturated heterocycles. The fourth-order valence-electron chi connectivity index (χ4n) is 0.131. The van der Waals surface area contributed by atoms with E-state index >= 15 is 0 Å². The van der Waals surface area contributed by atoms with E-state index in [2.05, 4.69) is 0 Å². The van der Waals surface area contributed by atoms with Crippen LogP contribution in [0.2, 0.25) is 0 Å². The zero-order valence-electron chi connectivity index (χ0n) is 3.77. The van der Waals surface area contributed by atoms with E-state index in [1.165, 1.54) is 0 Å². The van der Waals surface area contributed by atoms with Crippen LogP contribution in [0.15, 0.2) is 0 Å². The van der Waals surface area contributed by atoms with Crippen LogP contribution in [0.5, 0.6) is 0 Å². The summed E-state index contributed by atoms with van der Waals surface area (Å²) in [6, 6.07) is 0. The maximum absolute atomic E-state index is 9.68. The van der Waals surface area contributed by atoms with Crippen LogP contribution < -0.4 is 4.72 Å². The van der Waals surface area contributed by atoms with Crippen molar-refractivity contribution in [3.63, 3.8) is 0 Å². The van der Waals surface area contributed by atoms with Gasteiger partial charge in [0.2, 0.25) is 0 Å². The Labute approximate surface area is 59.8 Å². The normalized spacial score (nSPS) is 14.5. The van der Waals surface area contributed by atoms with Crippen molar-refractivity contribution in [2.24, 2.45) is 0 Å². The molecule has 0 heterocycles. The molecule has 0 bridgehead atoms. The average molecular weight is 177 g/mol. The summed E-state index contributed by atoms with van der Waals surface area (Å²) >= 11 is 8.05. The van der Waals surface area contributed by atoms with Gasteiger partial charge in [0.25, 0.3) is 0 Å². The van der Waals surface area contributed by atoms with Crippen LogP contribution >= 0.6 is 23.2 Å². The molecule has 6 heteroatoms. The van der Waals surface area contributed by atoms with Crippen molar-refractivity contribution in [3.05, 3.63) is 0 Å². The zero-order chi connectivity index (χ0) is 6.57. The van der Waals surface area contributed by atoms with E-state index in [-0.39, 0.29) is 6.54 Å². The van der Waals surface area contributed by atoms with E-state index in [9.17, 15) is 8.76 Å². The highest BCUT2D eigenvalue weighted by atomic mass is 35.5. The quantitative estimate of drug-likeness (QED) is 0.493. The largest absolute Gasteiger partial charge is 0.760 e. The first-order chi connectivity index (χ1) is 3.63. The molecule has 0 saturated carbocycles. The van der Waals surface area contributed by atoms with Crippen LogP contribution in [0.1, 0.15) is 0 Å². The highest BCUT2D eigenvalue weighted by Gasteiger charge is 1.94. The molecule has 50 valence electrons. The van der Waals surface area contributed by atoms with E-state index in [4.69, 9.17) is 23.2 Å². The van der Waals surface area contributed by atoms with Gasteiger partial charge in [-0.1, -0.05) is 0 Å². The summed E-state index contributed by atoms with van der Waals surface area (Å²) in [5, 5.41) is 0. The van der Waals surface area contributed by atoms with Crippen molar-refractivity contribution >= 4 is 34.5 Å². The Morgan fingerprint density at radius 3 is 2.38 bits per heavy atom. The van der Waals surface area contributed by atoms with Crippen LogP contribution in [0.4, 0.5) is 0 Å². The Bertz CT molecular complexity index is 88.1. The zero-order valence-corrected chi connectivity index (χ0v) is 6.09. The van der Waals surface area contributed by atoms with E-state index < -0.39 is 16.1 Å². The lowest BCUT2D eigenvalue weighted by Crippen LogP contribution is -2.21. The van der Waals surface area contributed by atoms with E-state index in [1.54, 1.807) is 0 Å². The molecule has 0 amide bonds. The standard InChI is InChI=1S/C2H5Cl2NO2S/c3-2(4)1-5-8(6)7/h2,5H,1H2,(H,6,7)/p-1. The molecule has 0 aliphatic carbocycles. The third-order valence-corrected chi connectivity index (χ3v) is 1.07. The highest BCUT2D eigenvalue weighted by Crippen LogP contribution is 1.97. The molecule has 0 fully saturated rings. The van der Waals surface area contributed by atoms with Gasteiger partial charge < -0.3 is 4.55 Å². The Hall–Kier alpha value is 0.650. The lowest BCUT2D eigenvalue weighted by atomic mass is 10.8. The minimum atomic E-state index is -2.26. The van der Waals surface area contributed by atoms with Crippen LogP contribution in [0.3, 0.4) is 0 Å². The minimum Gasteiger partial charge on any atom is -0.760 e. The molecule has 8 heavy (non-hydrogen) atoms. The number of hydrogen-bond acceptors (Lipinski definition) is 2. The molecular formula is C2H4Cl2NO2S-. The first-order valence-electron chi connectivity index (χ1n) is 1.74. The van der Waals surface area contributed by atoms with Crippen LogP contribution in [0, 0.1) is 0 Å². The van der Waals surface area contributed by atoms with Crippen molar-refractivity contribution in [1.29, 1.82) is 0 Å². The summed E-state index contributed by atoms with van der Waals surface area (Å²) < 4.78 is 21.3. The summed E-state index contributed by atoms with van der Waals surface area (Å²) in [5.74, 6) is 0. The Kier molecular flexibility index (Phi) is 4.89. The van der Waals surface area contributed by atoms with Crippen molar-refractivity contribution < 1.29 is 8.76 Å². The molecule has 1 unspecified atom stereocenters. The molecule has 3 nitrogen and oxygen atoms in total. The molecule has 1 N–H and O–H groups in total. The molecule has 0 rings (SSSR count). The number of halogens is 2. The first kappa shape index (κ1) is 8.65. The summed E-state index contributed by atoms with van der Waals surface area (Å²) in [5.41, 5.74) is 0. The molecule has 0 aromatic heterocycles. The smallest absolute Gasteiger partial charge is 0.121 e. The van der Waals surface area contributed by atoms with Gasteiger partial charge in [-0.3, -0.25) is 4.21 Å². The van der Waals surface area contributed by atoms with Gasteiger partial charge in [0.05, 0.1) is 0 Å².